The molecule has 0 radical (unpaired) electrons. The van der Waals surface area contributed by atoms with Crippen molar-refractivity contribution in [3.05, 3.63) is 113 Å². The summed E-state index contributed by atoms with van der Waals surface area (Å²) in [6.45, 7) is 7.87. The Morgan fingerprint density at radius 1 is 1.10 bits per heavy atom. The molecule has 0 bridgehead atoms. The van der Waals surface area contributed by atoms with E-state index >= 15 is 0 Å². The van der Waals surface area contributed by atoms with Crippen molar-refractivity contribution in [2.24, 2.45) is 4.99 Å². The molecule has 0 N–H and O–H groups in total. The zero-order chi connectivity index (χ0) is 28.7. The van der Waals surface area contributed by atoms with Crippen molar-refractivity contribution in [3.63, 3.8) is 0 Å². The normalized spacial score (nSPS) is 15.2. The zero-order valence-corrected chi connectivity index (χ0v) is 24.9. The van der Waals surface area contributed by atoms with Gasteiger partial charge >= 0.3 is 5.97 Å². The van der Waals surface area contributed by atoms with Gasteiger partial charge in [-0.2, -0.15) is 0 Å². The molecular weight excluding hydrogens is 544 g/mol. The number of allylic oxidation sites excluding steroid dienone is 1. The summed E-state index contributed by atoms with van der Waals surface area (Å²) in [4.78, 5) is 34.3. The predicted octanol–water partition coefficient (Wildman–Crippen LogP) is 4.93. The van der Waals surface area contributed by atoms with Crippen LogP contribution in [-0.2, 0) is 9.53 Å². The van der Waals surface area contributed by atoms with Gasteiger partial charge in [0.05, 0.1) is 28.5 Å². The molecule has 1 atom stereocenters. The molecule has 2 aromatic heterocycles. The van der Waals surface area contributed by atoms with Crippen LogP contribution in [0, 0.1) is 13.8 Å². The van der Waals surface area contributed by atoms with Gasteiger partial charge in [0, 0.05) is 41.9 Å². The number of aromatic nitrogens is 2. The molecule has 7 nitrogen and oxygen atoms in total. The highest BCUT2D eigenvalue weighted by atomic mass is 35.5. The van der Waals surface area contributed by atoms with Crippen molar-refractivity contribution in [2.75, 3.05) is 25.6 Å². The number of halogens is 1. The molecule has 2 aromatic carbocycles. The average Bonchev–Trinajstić information content (AvgIpc) is 3.37. The van der Waals surface area contributed by atoms with Gasteiger partial charge in [-0.1, -0.05) is 35.1 Å². The van der Waals surface area contributed by atoms with E-state index in [1.54, 1.807) is 30.5 Å². The minimum absolute atomic E-state index is 0.210. The van der Waals surface area contributed by atoms with E-state index in [1.165, 1.54) is 11.3 Å². The number of fused-ring (bicyclic) bond motifs is 1. The number of benzene rings is 2. The maximum absolute atomic E-state index is 13.9. The maximum Gasteiger partial charge on any atom is 0.338 e. The van der Waals surface area contributed by atoms with Crippen LogP contribution in [0.3, 0.4) is 0 Å². The van der Waals surface area contributed by atoms with Crippen LogP contribution in [-0.4, -0.2) is 35.8 Å². The summed E-state index contributed by atoms with van der Waals surface area (Å²) in [5.41, 5.74) is 6.65. The first-order chi connectivity index (χ1) is 19.1. The number of carbonyl (C=O) groups excluding carboxylic acids is 1. The van der Waals surface area contributed by atoms with E-state index in [2.05, 4.69) is 58.6 Å². The number of ether oxygens (including phenoxy) is 1. The van der Waals surface area contributed by atoms with Crippen LogP contribution in [0.25, 0.3) is 11.8 Å². The number of anilines is 1. The molecule has 0 fully saturated rings. The Bertz CT molecular complexity index is 1810. The average molecular weight is 575 g/mol. The molecule has 40 heavy (non-hydrogen) atoms. The van der Waals surface area contributed by atoms with Crippen LogP contribution in [0.4, 0.5) is 5.69 Å². The lowest BCUT2D eigenvalue weighted by Crippen LogP contribution is -2.39. The van der Waals surface area contributed by atoms with E-state index in [9.17, 15) is 9.59 Å². The van der Waals surface area contributed by atoms with Crippen molar-refractivity contribution in [1.29, 1.82) is 0 Å². The molecule has 0 amide bonds. The van der Waals surface area contributed by atoms with Crippen LogP contribution in [0.2, 0.25) is 5.02 Å². The fourth-order valence-electron chi connectivity index (χ4n) is 5.12. The van der Waals surface area contributed by atoms with E-state index in [0.29, 0.717) is 25.6 Å². The molecule has 0 saturated heterocycles. The quantitative estimate of drug-likeness (QED) is 0.306. The number of carbonyl (C=O) groups is 1. The van der Waals surface area contributed by atoms with Crippen molar-refractivity contribution in [2.45, 2.75) is 33.7 Å². The number of esters is 1. The number of aryl methyl sites for hydroxylation is 1. The lowest BCUT2D eigenvalue weighted by atomic mass is 9.96. The molecule has 3 heterocycles. The largest absolute Gasteiger partial charge is 0.463 e. The number of hydrogen-bond acceptors (Lipinski definition) is 6. The van der Waals surface area contributed by atoms with Crippen LogP contribution in [0.15, 0.2) is 75.7 Å². The summed E-state index contributed by atoms with van der Waals surface area (Å²) in [6.07, 6.45) is 1.92. The van der Waals surface area contributed by atoms with Crippen LogP contribution in [0.5, 0.6) is 0 Å². The van der Waals surface area contributed by atoms with Crippen LogP contribution in [0.1, 0.15) is 42.4 Å². The summed E-state index contributed by atoms with van der Waals surface area (Å²) in [6, 6.07) is 17.0. The Labute approximate surface area is 241 Å². The van der Waals surface area contributed by atoms with Gasteiger partial charge in [-0.05, 0) is 87.4 Å². The van der Waals surface area contributed by atoms with Gasteiger partial charge in [-0.3, -0.25) is 9.36 Å². The van der Waals surface area contributed by atoms with Crippen LogP contribution >= 0.6 is 22.9 Å². The molecule has 206 valence electrons. The Kier molecular flexibility index (Phi) is 7.57. The fourth-order valence-corrected chi connectivity index (χ4v) is 6.29. The predicted molar refractivity (Wildman–Crippen MR) is 161 cm³/mol. The standard InChI is InChI=1S/C31H31ClN4O3S/c1-7-39-30(38)27-19(3)33-31-36(28(27)21-8-10-23(32)11-9-21)29(37)26(40-31)17-22-16-18(2)35(20(22)4)25-14-12-24(13-15-25)34(5)6/h8-17,28H,7H2,1-6H3/b26-17+/t28-/m0/s1. The van der Waals surface area contributed by atoms with Gasteiger partial charge in [-0.25, -0.2) is 9.79 Å². The third kappa shape index (κ3) is 4.93. The van der Waals surface area contributed by atoms with Gasteiger partial charge in [-0.15, -0.1) is 0 Å². The minimum Gasteiger partial charge on any atom is -0.463 e. The highest BCUT2D eigenvalue weighted by molar-refractivity contribution is 7.07. The third-order valence-corrected chi connectivity index (χ3v) is 8.32. The first-order valence-corrected chi connectivity index (χ1v) is 14.2. The number of nitrogens with zero attached hydrogens (tertiary/aromatic N) is 4. The minimum atomic E-state index is -0.669. The molecule has 4 aromatic rings. The number of thiazole rings is 1. The SMILES string of the molecule is CCOC(=O)C1=C(C)N=c2s/c(=C/c3cc(C)n(-c4ccc(N(C)C)cc4)c3C)c(=O)n2[C@H]1c1ccc(Cl)cc1. The zero-order valence-electron chi connectivity index (χ0n) is 23.4. The molecule has 9 heteroatoms. The molecule has 0 unspecified atom stereocenters. The first-order valence-electron chi connectivity index (χ1n) is 13.0. The molecule has 1 aliphatic heterocycles. The summed E-state index contributed by atoms with van der Waals surface area (Å²) < 4.78 is 9.69. The molecular formula is C31H31ClN4O3S. The Morgan fingerprint density at radius 2 is 1.77 bits per heavy atom. The fraction of sp³-hybridized carbons (Fsp3) is 0.258. The molecule has 0 saturated carbocycles. The summed E-state index contributed by atoms with van der Waals surface area (Å²) in [7, 11) is 4.04. The van der Waals surface area contributed by atoms with Crippen molar-refractivity contribution >= 4 is 40.7 Å². The lowest BCUT2D eigenvalue weighted by molar-refractivity contribution is -0.139. The Morgan fingerprint density at radius 3 is 2.40 bits per heavy atom. The van der Waals surface area contributed by atoms with Gasteiger partial charge in [0.25, 0.3) is 5.56 Å². The van der Waals surface area contributed by atoms with Crippen molar-refractivity contribution < 1.29 is 9.53 Å². The highest BCUT2D eigenvalue weighted by Gasteiger charge is 2.33. The molecule has 1 aliphatic rings. The smallest absolute Gasteiger partial charge is 0.338 e. The third-order valence-electron chi connectivity index (χ3n) is 7.08. The summed E-state index contributed by atoms with van der Waals surface area (Å²) >= 11 is 7.47. The van der Waals surface area contributed by atoms with Gasteiger partial charge in [0.2, 0.25) is 0 Å². The van der Waals surface area contributed by atoms with E-state index in [4.69, 9.17) is 16.3 Å². The monoisotopic (exact) mass is 574 g/mol. The topological polar surface area (TPSA) is 68.8 Å². The Balaban J connectivity index is 1.65. The van der Waals surface area contributed by atoms with Gasteiger partial charge in [0.15, 0.2) is 4.80 Å². The lowest BCUT2D eigenvalue weighted by Gasteiger charge is -2.24. The van der Waals surface area contributed by atoms with E-state index in [1.807, 2.05) is 32.3 Å². The maximum atomic E-state index is 13.9. The van der Waals surface area contributed by atoms with Crippen molar-refractivity contribution in [3.8, 4) is 5.69 Å². The summed E-state index contributed by atoms with van der Waals surface area (Å²) in [5.74, 6) is -0.484. The number of rotatable bonds is 6. The second kappa shape index (κ2) is 10.9. The summed E-state index contributed by atoms with van der Waals surface area (Å²) in [5, 5.41) is 0.571. The Hall–Kier alpha value is -3.88. The van der Waals surface area contributed by atoms with E-state index in [0.717, 1.165) is 33.9 Å². The second-order valence-corrected chi connectivity index (χ2v) is 11.4. The molecule has 0 aliphatic carbocycles. The van der Waals surface area contributed by atoms with Crippen molar-refractivity contribution in [1.82, 2.24) is 9.13 Å². The first kappa shape index (κ1) is 27.7. The van der Waals surface area contributed by atoms with Gasteiger partial charge < -0.3 is 14.2 Å². The second-order valence-electron chi connectivity index (χ2n) is 9.93. The molecule has 5 rings (SSSR count). The van der Waals surface area contributed by atoms with E-state index < -0.39 is 12.0 Å². The van der Waals surface area contributed by atoms with E-state index in [-0.39, 0.29) is 12.2 Å². The van der Waals surface area contributed by atoms with Crippen LogP contribution < -0.4 is 19.8 Å². The molecule has 0 spiro atoms. The van der Waals surface area contributed by atoms with Gasteiger partial charge in [0.1, 0.15) is 0 Å². The highest BCUT2D eigenvalue weighted by Crippen LogP contribution is 2.31. The number of hydrogen-bond donors (Lipinski definition) is 0.